The predicted molar refractivity (Wildman–Crippen MR) is 75.3 cm³/mol. The summed E-state index contributed by atoms with van der Waals surface area (Å²) in [7, 11) is 1.50. The summed E-state index contributed by atoms with van der Waals surface area (Å²) in [4.78, 5) is 0. The van der Waals surface area contributed by atoms with Crippen LogP contribution in [0.25, 0.3) is 0 Å². The average Bonchev–Trinajstić information content (AvgIpc) is 2.33. The number of hydrogen-bond donors (Lipinski definition) is 3. The van der Waals surface area contributed by atoms with Crippen molar-refractivity contribution < 1.29 is 9.84 Å². The smallest absolute Gasteiger partial charge is 0.173 e. The first-order valence-corrected chi connectivity index (χ1v) is 6.82. The molecule has 0 heterocycles. The third kappa shape index (κ3) is 3.34. The van der Waals surface area contributed by atoms with E-state index in [1.807, 2.05) is 0 Å². The molecule has 0 aliphatic heterocycles. The number of ether oxygens (including phenoxy) is 1. The van der Waals surface area contributed by atoms with Gasteiger partial charge in [0.2, 0.25) is 0 Å². The lowest BCUT2D eigenvalue weighted by Crippen LogP contribution is -2.13. The van der Waals surface area contributed by atoms with Gasteiger partial charge in [0.15, 0.2) is 11.5 Å². The summed E-state index contributed by atoms with van der Waals surface area (Å²) in [5.74, 6) is 0.465. The Labute approximate surface area is 118 Å². The second-order valence-corrected chi connectivity index (χ2v) is 5.27. The minimum atomic E-state index is -0.140. The van der Waals surface area contributed by atoms with E-state index in [2.05, 4.69) is 31.9 Å². The van der Waals surface area contributed by atoms with Crippen LogP contribution in [0, 0.1) is 0 Å². The Bertz CT molecular complexity index is 400. The Kier molecular flexibility index (Phi) is 5.72. The second-order valence-electron chi connectivity index (χ2n) is 3.68. The van der Waals surface area contributed by atoms with Gasteiger partial charge >= 0.3 is 0 Å². The zero-order valence-electron chi connectivity index (χ0n) is 9.54. The van der Waals surface area contributed by atoms with Gasteiger partial charge in [-0.05, 0) is 62.9 Å². The maximum absolute atomic E-state index is 9.80. The summed E-state index contributed by atoms with van der Waals surface area (Å²) in [5.41, 5.74) is 12.4. The van der Waals surface area contributed by atoms with Crippen molar-refractivity contribution in [2.24, 2.45) is 11.5 Å². The van der Waals surface area contributed by atoms with Gasteiger partial charge in [0.25, 0.3) is 0 Å². The quantitative estimate of drug-likeness (QED) is 0.747. The fourth-order valence-electron chi connectivity index (χ4n) is 1.53. The highest BCUT2D eigenvalue weighted by Crippen LogP contribution is 2.43. The molecule has 96 valence electrons. The maximum Gasteiger partial charge on any atom is 0.173 e. The normalized spacial score (nSPS) is 12.5. The Hall–Kier alpha value is -0.300. The first-order valence-electron chi connectivity index (χ1n) is 5.23. The molecular formula is C11H16Br2N2O2. The van der Waals surface area contributed by atoms with Crippen LogP contribution in [0.5, 0.6) is 11.5 Å². The van der Waals surface area contributed by atoms with Crippen LogP contribution in [0.15, 0.2) is 15.0 Å². The molecule has 1 aromatic carbocycles. The Morgan fingerprint density at radius 3 is 2.59 bits per heavy atom. The average molecular weight is 368 g/mol. The molecule has 1 aromatic rings. The number of rotatable bonds is 5. The summed E-state index contributed by atoms with van der Waals surface area (Å²) < 4.78 is 6.40. The topological polar surface area (TPSA) is 81.5 Å². The van der Waals surface area contributed by atoms with E-state index in [0.717, 1.165) is 22.9 Å². The fraction of sp³-hybridized carbons (Fsp3) is 0.455. The molecule has 1 rings (SSSR count). The zero-order valence-corrected chi connectivity index (χ0v) is 12.7. The molecule has 0 saturated carbocycles. The monoisotopic (exact) mass is 366 g/mol. The van der Waals surface area contributed by atoms with Gasteiger partial charge in [0, 0.05) is 10.5 Å². The van der Waals surface area contributed by atoms with Crippen molar-refractivity contribution in [3.63, 3.8) is 0 Å². The van der Waals surface area contributed by atoms with Crippen molar-refractivity contribution in [3.05, 3.63) is 20.6 Å². The predicted octanol–water partition coefficient (Wildman–Crippen LogP) is 2.66. The first kappa shape index (κ1) is 14.8. The number of aromatic hydroxyl groups is 1. The molecular weight excluding hydrogens is 352 g/mol. The molecule has 1 atom stereocenters. The summed E-state index contributed by atoms with van der Waals surface area (Å²) >= 11 is 6.71. The van der Waals surface area contributed by atoms with Crippen molar-refractivity contribution in [2.45, 2.75) is 18.9 Å². The van der Waals surface area contributed by atoms with Crippen molar-refractivity contribution in [2.75, 3.05) is 13.7 Å². The van der Waals surface area contributed by atoms with E-state index < -0.39 is 0 Å². The molecule has 0 amide bonds. The van der Waals surface area contributed by atoms with Crippen LogP contribution >= 0.6 is 31.9 Å². The molecule has 0 bridgehead atoms. The first-order chi connectivity index (χ1) is 8.02. The molecule has 0 fully saturated rings. The highest BCUT2D eigenvalue weighted by molar-refractivity contribution is 9.13. The van der Waals surface area contributed by atoms with E-state index in [0.29, 0.717) is 16.8 Å². The highest BCUT2D eigenvalue weighted by Gasteiger charge is 2.18. The minimum absolute atomic E-state index is 0.0640. The molecule has 0 aliphatic carbocycles. The lowest BCUT2D eigenvalue weighted by molar-refractivity contribution is 0.370. The van der Waals surface area contributed by atoms with Gasteiger partial charge in [-0.3, -0.25) is 0 Å². The van der Waals surface area contributed by atoms with Crippen LogP contribution in [0.1, 0.15) is 24.4 Å². The third-order valence-corrected chi connectivity index (χ3v) is 4.67. The number of halogens is 2. The van der Waals surface area contributed by atoms with Crippen molar-refractivity contribution in [1.29, 1.82) is 0 Å². The third-order valence-electron chi connectivity index (χ3n) is 2.51. The highest BCUT2D eigenvalue weighted by atomic mass is 79.9. The van der Waals surface area contributed by atoms with Crippen molar-refractivity contribution in [1.82, 2.24) is 0 Å². The van der Waals surface area contributed by atoms with E-state index in [4.69, 9.17) is 16.2 Å². The number of phenols is 1. The van der Waals surface area contributed by atoms with Crippen LogP contribution in [0.3, 0.4) is 0 Å². The number of phenolic OH excluding ortho intramolecular Hbond substituents is 1. The van der Waals surface area contributed by atoms with Gasteiger partial charge in [-0.25, -0.2) is 0 Å². The summed E-state index contributed by atoms with van der Waals surface area (Å²) in [5, 5.41) is 9.80. The molecule has 0 aromatic heterocycles. The van der Waals surface area contributed by atoms with E-state index >= 15 is 0 Å². The van der Waals surface area contributed by atoms with E-state index in [9.17, 15) is 5.11 Å². The Balaban J connectivity index is 3.11. The van der Waals surface area contributed by atoms with Gasteiger partial charge in [0.1, 0.15) is 0 Å². The molecule has 0 saturated heterocycles. The van der Waals surface area contributed by atoms with Crippen molar-refractivity contribution >= 4 is 31.9 Å². The van der Waals surface area contributed by atoms with Gasteiger partial charge < -0.3 is 21.3 Å². The molecule has 0 aliphatic rings. The van der Waals surface area contributed by atoms with E-state index in [1.165, 1.54) is 7.11 Å². The van der Waals surface area contributed by atoms with E-state index in [-0.39, 0.29) is 11.8 Å². The molecule has 6 heteroatoms. The van der Waals surface area contributed by atoms with Gasteiger partial charge in [-0.15, -0.1) is 0 Å². The zero-order chi connectivity index (χ0) is 13.0. The van der Waals surface area contributed by atoms with Crippen LogP contribution in [-0.4, -0.2) is 18.8 Å². The molecule has 4 nitrogen and oxygen atoms in total. The van der Waals surface area contributed by atoms with Gasteiger partial charge in [-0.2, -0.15) is 0 Å². The Morgan fingerprint density at radius 2 is 2.06 bits per heavy atom. The van der Waals surface area contributed by atoms with E-state index in [1.54, 1.807) is 6.07 Å². The minimum Gasteiger partial charge on any atom is -0.503 e. The lowest BCUT2D eigenvalue weighted by Gasteiger charge is -2.17. The van der Waals surface area contributed by atoms with Crippen LogP contribution in [-0.2, 0) is 0 Å². The number of methoxy groups -OCH3 is 1. The summed E-state index contributed by atoms with van der Waals surface area (Å²) in [6.07, 6.45) is 1.64. The second kappa shape index (κ2) is 6.58. The standard InChI is InChI=1S/C11H16Br2N2O2/c1-17-8-5-6(7(15)3-2-4-14)9(12)10(13)11(8)16/h5,7,16H,2-4,14-15H2,1H3/t7-/m0/s1. The Morgan fingerprint density at radius 1 is 1.41 bits per heavy atom. The number of hydrogen-bond acceptors (Lipinski definition) is 4. The summed E-state index contributed by atoms with van der Waals surface area (Å²) in [6.45, 7) is 0.613. The van der Waals surface area contributed by atoms with Gasteiger partial charge in [-0.1, -0.05) is 0 Å². The molecule has 0 unspecified atom stereocenters. The number of benzene rings is 1. The fourth-order valence-corrected chi connectivity index (χ4v) is 2.55. The van der Waals surface area contributed by atoms with Crippen LogP contribution in [0.2, 0.25) is 0 Å². The van der Waals surface area contributed by atoms with Crippen molar-refractivity contribution in [3.8, 4) is 11.5 Å². The molecule has 0 radical (unpaired) electrons. The molecule has 5 N–H and O–H groups in total. The lowest BCUT2D eigenvalue weighted by atomic mass is 10.0. The SMILES string of the molecule is COc1cc([C@@H](N)CCCN)c(Br)c(Br)c1O. The number of nitrogens with two attached hydrogens (primary N) is 2. The maximum atomic E-state index is 9.80. The molecule has 17 heavy (non-hydrogen) atoms. The van der Waals surface area contributed by atoms with Crippen LogP contribution < -0.4 is 16.2 Å². The largest absolute Gasteiger partial charge is 0.503 e. The van der Waals surface area contributed by atoms with Gasteiger partial charge in [0.05, 0.1) is 11.6 Å². The molecule has 0 spiro atoms. The summed E-state index contributed by atoms with van der Waals surface area (Å²) in [6, 6.07) is 1.60. The van der Waals surface area contributed by atoms with Crippen LogP contribution in [0.4, 0.5) is 0 Å².